The minimum Gasteiger partial charge on any atom is -0.340 e. The summed E-state index contributed by atoms with van der Waals surface area (Å²) in [5.41, 5.74) is 0.634. The maximum Gasteiger partial charge on any atom is 0.225 e. The molecule has 1 fully saturated rings. The van der Waals surface area contributed by atoms with Crippen LogP contribution >= 0.6 is 0 Å². The van der Waals surface area contributed by atoms with Crippen LogP contribution in [0.15, 0.2) is 29.2 Å². The second kappa shape index (κ2) is 6.27. The van der Waals surface area contributed by atoms with Gasteiger partial charge >= 0.3 is 0 Å². The summed E-state index contributed by atoms with van der Waals surface area (Å²) >= 11 is 0. The molecule has 0 saturated heterocycles. The van der Waals surface area contributed by atoms with E-state index >= 15 is 0 Å². The van der Waals surface area contributed by atoms with E-state index < -0.39 is 15.9 Å². The number of carbonyl (C=O) groups excluding carboxylic acids is 1. The van der Waals surface area contributed by atoms with Crippen molar-refractivity contribution >= 4 is 15.7 Å². The number of amides is 1. The molecular weight excluding hydrogens is 288 g/mol. The fourth-order valence-corrected chi connectivity index (χ4v) is 3.06. The summed E-state index contributed by atoms with van der Waals surface area (Å²) in [5.74, 6) is 0.0474. The van der Waals surface area contributed by atoms with Gasteiger partial charge in [-0.15, -0.1) is 0 Å². The van der Waals surface area contributed by atoms with Crippen molar-refractivity contribution in [1.82, 2.24) is 5.32 Å². The van der Waals surface area contributed by atoms with Crippen LogP contribution in [0, 0.1) is 17.2 Å². The van der Waals surface area contributed by atoms with E-state index in [1.54, 1.807) is 19.1 Å². The van der Waals surface area contributed by atoms with Crippen LogP contribution in [0.5, 0.6) is 0 Å². The Morgan fingerprint density at radius 2 is 2.19 bits per heavy atom. The Bertz CT molecular complexity index is 672. The first-order valence-electron chi connectivity index (χ1n) is 6.97. The first-order valence-corrected chi connectivity index (χ1v) is 8.62. The molecule has 1 aliphatic rings. The minimum atomic E-state index is -3.27. The smallest absolute Gasteiger partial charge is 0.225 e. The highest BCUT2D eigenvalue weighted by Crippen LogP contribution is 2.32. The van der Waals surface area contributed by atoms with E-state index in [0.717, 1.165) is 12.8 Å². The van der Waals surface area contributed by atoms with Crippen molar-refractivity contribution in [3.8, 4) is 6.07 Å². The summed E-state index contributed by atoms with van der Waals surface area (Å²) < 4.78 is 23.6. The Labute approximate surface area is 124 Å². The standard InChI is InChI=1S/C15H18N2O3S/c1-2-21(19,20)13-5-3-4-11(8-13)9-15(18)17-14(10-16)12-6-7-12/h3-5,8,12,14H,2,6-7,9H2,1H3,(H,17,18). The van der Waals surface area contributed by atoms with E-state index in [1.165, 1.54) is 12.1 Å². The van der Waals surface area contributed by atoms with Crippen molar-refractivity contribution in [3.05, 3.63) is 29.8 Å². The first-order chi connectivity index (χ1) is 9.96. The predicted molar refractivity (Wildman–Crippen MR) is 78.1 cm³/mol. The molecule has 0 spiro atoms. The Hall–Kier alpha value is -1.87. The van der Waals surface area contributed by atoms with Gasteiger partial charge in [-0.1, -0.05) is 19.1 Å². The molecule has 1 aliphatic carbocycles. The third-order valence-corrected chi connectivity index (χ3v) is 5.28. The van der Waals surface area contributed by atoms with Crippen LogP contribution in [0.25, 0.3) is 0 Å². The molecule has 5 nitrogen and oxygen atoms in total. The zero-order valence-corrected chi connectivity index (χ0v) is 12.7. The third-order valence-electron chi connectivity index (χ3n) is 3.55. The summed E-state index contributed by atoms with van der Waals surface area (Å²) in [6, 6.07) is 8.07. The maximum atomic E-state index is 11.9. The topological polar surface area (TPSA) is 87.0 Å². The molecule has 1 saturated carbocycles. The SMILES string of the molecule is CCS(=O)(=O)c1cccc(CC(=O)NC(C#N)C2CC2)c1. The highest BCUT2D eigenvalue weighted by Gasteiger charge is 2.32. The molecule has 1 aromatic carbocycles. The van der Waals surface area contributed by atoms with Gasteiger partial charge in [-0.05, 0) is 36.5 Å². The molecule has 0 bridgehead atoms. The Morgan fingerprint density at radius 1 is 1.48 bits per heavy atom. The molecule has 21 heavy (non-hydrogen) atoms. The van der Waals surface area contributed by atoms with Crippen molar-refractivity contribution in [1.29, 1.82) is 5.26 Å². The van der Waals surface area contributed by atoms with Gasteiger partial charge in [-0.25, -0.2) is 8.42 Å². The number of nitrogens with zero attached hydrogens (tertiary/aromatic N) is 1. The van der Waals surface area contributed by atoms with Gasteiger partial charge in [-0.2, -0.15) is 5.26 Å². The Kier molecular flexibility index (Phi) is 4.63. The quantitative estimate of drug-likeness (QED) is 0.861. The van der Waals surface area contributed by atoms with Crippen LogP contribution in [-0.4, -0.2) is 26.1 Å². The molecule has 2 rings (SSSR count). The molecule has 0 radical (unpaired) electrons. The van der Waals surface area contributed by atoms with E-state index in [9.17, 15) is 13.2 Å². The molecule has 6 heteroatoms. The van der Waals surface area contributed by atoms with Crippen LogP contribution in [-0.2, 0) is 21.1 Å². The highest BCUT2D eigenvalue weighted by molar-refractivity contribution is 7.91. The van der Waals surface area contributed by atoms with Gasteiger partial charge < -0.3 is 5.32 Å². The lowest BCUT2D eigenvalue weighted by Gasteiger charge is -2.11. The number of nitriles is 1. The fourth-order valence-electron chi connectivity index (χ4n) is 2.11. The number of carbonyl (C=O) groups is 1. The lowest BCUT2D eigenvalue weighted by molar-refractivity contribution is -0.120. The second-order valence-electron chi connectivity index (χ2n) is 5.24. The Balaban J connectivity index is 2.04. The number of nitrogens with one attached hydrogen (secondary N) is 1. The van der Waals surface area contributed by atoms with Gasteiger partial charge in [-0.3, -0.25) is 4.79 Å². The zero-order valence-electron chi connectivity index (χ0n) is 11.9. The summed E-state index contributed by atoms with van der Waals surface area (Å²) in [4.78, 5) is 12.2. The fraction of sp³-hybridized carbons (Fsp3) is 0.467. The predicted octanol–water partition coefficient (Wildman–Crippen LogP) is 1.44. The largest absolute Gasteiger partial charge is 0.340 e. The molecular formula is C15H18N2O3S. The molecule has 1 atom stereocenters. The van der Waals surface area contributed by atoms with Crippen molar-refractivity contribution in [3.63, 3.8) is 0 Å². The number of hydrogen-bond acceptors (Lipinski definition) is 4. The zero-order chi connectivity index (χ0) is 15.5. The van der Waals surface area contributed by atoms with Crippen molar-refractivity contribution in [2.75, 3.05) is 5.75 Å². The monoisotopic (exact) mass is 306 g/mol. The second-order valence-corrected chi connectivity index (χ2v) is 7.52. The average molecular weight is 306 g/mol. The summed E-state index contributed by atoms with van der Waals surface area (Å²) in [6.07, 6.45) is 2.03. The van der Waals surface area contributed by atoms with Gasteiger partial charge in [0.1, 0.15) is 6.04 Å². The van der Waals surface area contributed by atoms with E-state index in [-0.39, 0.29) is 28.9 Å². The van der Waals surface area contributed by atoms with Crippen molar-refractivity contribution in [2.45, 2.75) is 37.1 Å². The molecule has 1 N–H and O–H groups in total. The van der Waals surface area contributed by atoms with Gasteiger partial charge in [0.25, 0.3) is 0 Å². The van der Waals surface area contributed by atoms with Crippen LogP contribution in [0.3, 0.4) is 0 Å². The van der Waals surface area contributed by atoms with Gasteiger partial charge in [0.05, 0.1) is 23.1 Å². The van der Waals surface area contributed by atoms with Crippen molar-refractivity contribution < 1.29 is 13.2 Å². The lowest BCUT2D eigenvalue weighted by atomic mass is 10.1. The van der Waals surface area contributed by atoms with E-state index in [1.807, 2.05) is 0 Å². The van der Waals surface area contributed by atoms with Crippen LogP contribution < -0.4 is 5.32 Å². The molecule has 0 aliphatic heterocycles. The number of sulfone groups is 1. The molecule has 112 valence electrons. The Morgan fingerprint density at radius 3 is 2.76 bits per heavy atom. The lowest BCUT2D eigenvalue weighted by Crippen LogP contribution is -2.36. The summed E-state index contributed by atoms with van der Waals surface area (Å²) in [7, 11) is -3.27. The normalized spacial score (nSPS) is 16.0. The van der Waals surface area contributed by atoms with Crippen LogP contribution in [0.1, 0.15) is 25.3 Å². The number of rotatable bonds is 6. The van der Waals surface area contributed by atoms with Crippen LogP contribution in [0.2, 0.25) is 0 Å². The van der Waals surface area contributed by atoms with E-state index in [2.05, 4.69) is 11.4 Å². The molecule has 0 aromatic heterocycles. The summed E-state index contributed by atoms with van der Waals surface area (Å²) in [6.45, 7) is 1.59. The van der Waals surface area contributed by atoms with Gasteiger partial charge in [0, 0.05) is 0 Å². The first kappa shape index (κ1) is 15.5. The average Bonchev–Trinajstić information content (AvgIpc) is 3.29. The maximum absolute atomic E-state index is 11.9. The molecule has 1 unspecified atom stereocenters. The van der Waals surface area contributed by atoms with E-state index in [4.69, 9.17) is 5.26 Å². The third kappa shape index (κ3) is 4.05. The molecule has 1 aromatic rings. The summed E-state index contributed by atoms with van der Waals surface area (Å²) in [5, 5.41) is 11.7. The number of benzene rings is 1. The van der Waals surface area contributed by atoms with E-state index in [0.29, 0.717) is 5.56 Å². The number of hydrogen-bond donors (Lipinski definition) is 1. The molecule has 1 amide bonds. The molecule has 0 heterocycles. The van der Waals surface area contributed by atoms with Gasteiger partial charge in [0.2, 0.25) is 5.91 Å². The van der Waals surface area contributed by atoms with Crippen LogP contribution in [0.4, 0.5) is 0 Å². The van der Waals surface area contributed by atoms with Gasteiger partial charge in [0.15, 0.2) is 9.84 Å². The minimum absolute atomic E-state index is 0.0286. The highest BCUT2D eigenvalue weighted by atomic mass is 32.2. The van der Waals surface area contributed by atoms with Crippen molar-refractivity contribution in [2.24, 2.45) is 5.92 Å².